The number of aromatic amines is 1. The van der Waals surface area contributed by atoms with Gasteiger partial charge in [-0.05, 0) is 77.0 Å². The Morgan fingerprint density at radius 3 is 2.63 bits per heavy atom. The normalized spacial score (nSPS) is 13.2. The van der Waals surface area contributed by atoms with Crippen molar-refractivity contribution in [2.24, 2.45) is 0 Å². The summed E-state index contributed by atoms with van der Waals surface area (Å²) in [6.45, 7) is 2.24. The van der Waals surface area contributed by atoms with Crippen LogP contribution in [0.4, 0.5) is 5.69 Å². The largest absolute Gasteiger partial charge is 0.348 e. The molecule has 1 aromatic heterocycles. The van der Waals surface area contributed by atoms with Crippen LogP contribution in [-0.2, 0) is 19.5 Å². The summed E-state index contributed by atoms with van der Waals surface area (Å²) in [5.41, 5.74) is 6.05. The Balaban J connectivity index is 1.20. The lowest BCUT2D eigenvalue weighted by molar-refractivity contribution is 0.0950. The molecule has 0 saturated heterocycles. The van der Waals surface area contributed by atoms with Crippen LogP contribution >= 0.6 is 0 Å². The fraction of sp³-hybridized carbons (Fsp3) is 0.192. The molecule has 1 aliphatic heterocycles. The van der Waals surface area contributed by atoms with Crippen LogP contribution < -0.4 is 10.6 Å². The summed E-state index contributed by atoms with van der Waals surface area (Å²) in [6, 6.07) is 20.4. The van der Waals surface area contributed by atoms with Crippen LogP contribution in [0.3, 0.4) is 0 Å². The van der Waals surface area contributed by atoms with E-state index in [1.165, 1.54) is 11.1 Å². The smallest absolute Gasteiger partial charge is 0.255 e. The molecule has 9 heteroatoms. The molecular weight excluding hydrogens is 442 g/mol. The monoisotopic (exact) mass is 467 g/mol. The van der Waals surface area contributed by atoms with Gasteiger partial charge in [-0.25, -0.2) is 5.10 Å². The molecule has 9 nitrogen and oxygen atoms in total. The molecule has 0 fully saturated rings. The maximum Gasteiger partial charge on any atom is 0.255 e. The van der Waals surface area contributed by atoms with Gasteiger partial charge in [-0.1, -0.05) is 30.3 Å². The minimum absolute atomic E-state index is 0.181. The number of anilines is 1. The average Bonchev–Trinajstić information content (AvgIpc) is 3.42. The highest BCUT2D eigenvalue weighted by Gasteiger charge is 2.15. The Labute approximate surface area is 202 Å². The number of fused-ring (bicyclic) bond motifs is 1. The zero-order valence-corrected chi connectivity index (χ0v) is 19.3. The topological polar surface area (TPSA) is 116 Å². The van der Waals surface area contributed by atoms with E-state index in [2.05, 4.69) is 55.3 Å². The minimum atomic E-state index is -0.207. The molecule has 2 amide bonds. The number of hydrogen-bond donors (Lipinski definition) is 3. The van der Waals surface area contributed by atoms with E-state index in [1.807, 2.05) is 18.2 Å². The maximum atomic E-state index is 12.9. The second kappa shape index (κ2) is 9.86. The Bertz CT molecular complexity index is 1350. The van der Waals surface area contributed by atoms with E-state index >= 15 is 0 Å². The third kappa shape index (κ3) is 5.25. The SMILES string of the molecule is CN1CCc2ccc(NC(=O)c3cccc(CNC(=O)c4ccc(-c5nnn[nH]5)cc4)c3)cc2C1. The van der Waals surface area contributed by atoms with E-state index in [1.54, 1.807) is 36.4 Å². The van der Waals surface area contributed by atoms with Crippen molar-refractivity contribution in [3.8, 4) is 11.4 Å². The van der Waals surface area contributed by atoms with Gasteiger partial charge in [-0.15, -0.1) is 5.10 Å². The number of carbonyl (C=O) groups is 2. The van der Waals surface area contributed by atoms with Crippen LogP contribution in [0, 0.1) is 0 Å². The lowest BCUT2D eigenvalue weighted by Crippen LogP contribution is -2.26. The first-order valence-electron chi connectivity index (χ1n) is 11.4. The molecule has 0 spiro atoms. The van der Waals surface area contributed by atoms with Crippen molar-refractivity contribution in [2.75, 3.05) is 18.9 Å². The molecule has 35 heavy (non-hydrogen) atoms. The van der Waals surface area contributed by atoms with Gasteiger partial charge >= 0.3 is 0 Å². The second-order valence-corrected chi connectivity index (χ2v) is 8.64. The van der Waals surface area contributed by atoms with E-state index in [0.29, 0.717) is 23.5 Å². The molecule has 0 radical (unpaired) electrons. The predicted octanol–water partition coefficient (Wildman–Crippen LogP) is 3.04. The van der Waals surface area contributed by atoms with Gasteiger partial charge in [0.05, 0.1) is 0 Å². The zero-order valence-electron chi connectivity index (χ0n) is 19.3. The molecular formula is C26H25N7O2. The number of tetrazole rings is 1. The first kappa shape index (κ1) is 22.4. The quantitative estimate of drug-likeness (QED) is 0.401. The summed E-state index contributed by atoms with van der Waals surface area (Å²) in [7, 11) is 2.10. The molecule has 3 N–H and O–H groups in total. The molecule has 4 aromatic rings. The van der Waals surface area contributed by atoms with Gasteiger partial charge in [0.2, 0.25) is 0 Å². The molecule has 0 unspecified atom stereocenters. The maximum absolute atomic E-state index is 12.9. The number of H-pyrrole nitrogens is 1. The fourth-order valence-electron chi connectivity index (χ4n) is 4.15. The molecule has 0 aliphatic carbocycles. The molecule has 1 aliphatic rings. The summed E-state index contributed by atoms with van der Waals surface area (Å²) in [5, 5.41) is 19.5. The van der Waals surface area contributed by atoms with Crippen molar-refractivity contribution in [3.05, 3.63) is 94.5 Å². The average molecular weight is 468 g/mol. The Morgan fingerprint density at radius 2 is 1.83 bits per heavy atom. The molecule has 5 rings (SSSR count). The highest BCUT2D eigenvalue weighted by Crippen LogP contribution is 2.22. The standard InChI is InChI=1S/C26H25N7O2/c1-33-12-11-18-9-10-23(14-22(18)16-33)28-26(35)21-4-2-3-17(13-21)15-27-25(34)20-7-5-19(6-8-20)24-29-31-32-30-24/h2-10,13-14H,11-12,15-16H2,1H3,(H,27,34)(H,28,35)(H,29,30,31,32). The van der Waals surface area contributed by atoms with Gasteiger partial charge in [0.1, 0.15) is 0 Å². The summed E-state index contributed by atoms with van der Waals surface area (Å²) in [4.78, 5) is 27.7. The molecule has 176 valence electrons. The summed E-state index contributed by atoms with van der Waals surface area (Å²) in [6.07, 6.45) is 1.02. The number of nitrogens with zero attached hydrogens (tertiary/aromatic N) is 4. The Kier molecular flexibility index (Phi) is 6.32. The Hall–Kier alpha value is -4.37. The lowest BCUT2D eigenvalue weighted by Gasteiger charge is -2.25. The number of benzene rings is 3. The first-order valence-corrected chi connectivity index (χ1v) is 11.4. The molecule has 0 atom stereocenters. The van der Waals surface area contributed by atoms with Crippen LogP contribution in [0.1, 0.15) is 37.4 Å². The van der Waals surface area contributed by atoms with Crippen LogP contribution in [0.15, 0.2) is 66.7 Å². The molecule has 0 saturated carbocycles. The van der Waals surface area contributed by atoms with E-state index in [9.17, 15) is 9.59 Å². The van der Waals surface area contributed by atoms with Gasteiger partial charge in [0, 0.05) is 42.0 Å². The van der Waals surface area contributed by atoms with Crippen LogP contribution in [0.5, 0.6) is 0 Å². The lowest BCUT2D eigenvalue weighted by atomic mass is 9.99. The van der Waals surface area contributed by atoms with Crippen LogP contribution in [0.2, 0.25) is 0 Å². The van der Waals surface area contributed by atoms with E-state index in [4.69, 9.17) is 0 Å². The third-order valence-electron chi connectivity index (χ3n) is 6.08. The third-order valence-corrected chi connectivity index (χ3v) is 6.08. The van der Waals surface area contributed by atoms with Crippen molar-refractivity contribution in [1.82, 2.24) is 30.8 Å². The van der Waals surface area contributed by atoms with Crippen molar-refractivity contribution in [3.63, 3.8) is 0 Å². The number of hydrogen-bond acceptors (Lipinski definition) is 6. The number of nitrogens with one attached hydrogen (secondary N) is 3. The number of rotatable bonds is 6. The van der Waals surface area contributed by atoms with Crippen molar-refractivity contribution in [2.45, 2.75) is 19.5 Å². The van der Waals surface area contributed by atoms with Gasteiger partial charge in [0.15, 0.2) is 5.82 Å². The highest BCUT2D eigenvalue weighted by atomic mass is 16.2. The van der Waals surface area contributed by atoms with E-state index in [0.717, 1.165) is 36.3 Å². The zero-order chi connectivity index (χ0) is 24.2. The summed E-state index contributed by atoms with van der Waals surface area (Å²) < 4.78 is 0. The van der Waals surface area contributed by atoms with Crippen molar-refractivity contribution in [1.29, 1.82) is 0 Å². The molecule has 3 aromatic carbocycles. The first-order chi connectivity index (χ1) is 17.0. The number of aromatic nitrogens is 4. The van der Waals surface area contributed by atoms with Crippen molar-refractivity contribution < 1.29 is 9.59 Å². The van der Waals surface area contributed by atoms with E-state index < -0.39 is 0 Å². The Morgan fingerprint density at radius 1 is 0.971 bits per heavy atom. The highest BCUT2D eigenvalue weighted by molar-refractivity contribution is 6.04. The predicted molar refractivity (Wildman–Crippen MR) is 132 cm³/mol. The second-order valence-electron chi connectivity index (χ2n) is 8.64. The molecule has 0 bridgehead atoms. The number of amides is 2. The van der Waals surface area contributed by atoms with Gasteiger partial charge in [-0.3, -0.25) is 9.59 Å². The van der Waals surface area contributed by atoms with Crippen molar-refractivity contribution >= 4 is 17.5 Å². The van der Waals surface area contributed by atoms with Gasteiger partial charge < -0.3 is 15.5 Å². The van der Waals surface area contributed by atoms with Crippen LogP contribution in [0.25, 0.3) is 11.4 Å². The number of likely N-dealkylation sites (N-methyl/N-ethyl adjacent to an activating group) is 1. The molecule has 2 heterocycles. The van der Waals surface area contributed by atoms with Gasteiger partial charge in [-0.2, -0.15) is 0 Å². The van der Waals surface area contributed by atoms with Crippen LogP contribution in [-0.4, -0.2) is 50.9 Å². The number of carbonyl (C=O) groups excluding carboxylic acids is 2. The van der Waals surface area contributed by atoms with E-state index in [-0.39, 0.29) is 11.8 Å². The fourth-order valence-corrected chi connectivity index (χ4v) is 4.15. The van der Waals surface area contributed by atoms with Gasteiger partial charge in [0.25, 0.3) is 11.8 Å². The summed E-state index contributed by atoms with van der Waals surface area (Å²) >= 11 is 0. The minimum Gasteiger partial charge on any atom is -0.348 e. The summed E-state index contributed by atoms with van der Waals surface area (Å²) in [5.74, 6) is 0.149.